The smallest absolute Gasteiger partial charge is 0.166 e. The quantitative estimate of drug-likeness (QED) is 0.847. The predicted octanol–water partition coefficient (Wildman–Crippen LogP) is 4.70. The molecule has 0 saturated carbocycles. The second-order valence-electron chi connectivity index (χ2n) is 5.91. The van der Waals surface area contributed by atoms with Gasteiger partial charge < -0.3 is 5.11 Å². The zero-order valence-corrected chi connectivity index (χ0v) is 12.1. The van der Waals surface area contributed by atoms with Crippen LogP contribution in [0.3, 0.4) is 0 Å². The minimum Gasteiger partial charge on any atom is -0.390 e. The summed E-state index contributed by atoms with van der Waals surface area (Å²) in [6, 6.07) is 4.29. The van der Waals surface area contributed by atoms with Gasteiger partial charge in [-0.15, -0.1) is 0 Å². The lowest BCUT2D eigenvalue weighted by molar-refractivity contribution is -0.0126. The van der Waals surface area contributed by atoms with Crippen LogP contribution in [0.2, 0.25) is 0 Å². The van der Waals surface area contributed by atoms with E-state index in [1.165, 1.54) is 6.07 Å². The van der Waals surface area contributed by atoms with E-state index < -0.39 is 17.2 Å². The van der Waals surface area contributed by atoms with E-state index >= 15 is 0 Å². The van der Waals surface area contributed by atoms with Crippen molar-refractivity contribution < 1.29 is 13.9 Å². The van der Waals surface area contributed by atoms with Crippen molar-refractivity contribution >= 4 is 5.57 Å². The summed E-state index contributed by atoms with van der Waals surface area (Å²) in [5.74, 6) is -1.37. The van der Waals surface area contributed by atoms with Gasteiger partial charge in [0.2, 0.25) is 0 Å². The van der Waals surface area contributed by atoms with Gasteiger partial charge >= 0.3 is 0 Å². The summed E-state index contributed by atoms with van der Waals surface area (Å²) in [5, 5.41) is 10.4. The Bertz CT molecular complexity index is 506. The molecule has 0 heterocycles. The molecule has 2 atom stereocenters. The number of halogens is 2. The van der Waals surface area contributed by atoms with Gasteiger partial charge in [-0.3, -0.25) is 0 Å². The van der Waals surface area contributed by atoms with Crippen LogP contribution in [0.5, 0.6) is 0 Å². The number of hydrogen-bond donors (Lipinski definition) is 1. The second kappa shape index (κ2) is 6.04. The van der Waals surface area contributed by atoms with E-state index in [1.54, 1.807) is 6.07 Å². The van der Waals surface area contributed by atoms with E-state index in [0.717, 1.165) is 37.3 Å². The van der Waals surface area contributed by atoms with E-state index in [9.17, 15) is 13.9 Å². The number of benzene rings is 1. The number of aliphatic hydroxyl groups is 1. The molecule has 0 aliphatic heterocycles. The van der Waals surface area contributed by atoms with Crippen molar-refractivity contribution in [3.63, 3.8) is 0 Å². The molecule has 1 aromatic carbocycles. The topological polar surface area (TPSA) is 20.2 Å². The van der Waals surface area contributed by atoms with E-state index in [-0.39, 0.29) is 5.92 Å². The monoisotopic (exact) mass is 280 g/mol. The molecule has 1 nitrogen and oxygen atoms in total. The van der Waals surface area contributed by atoms with Crippen LogP contribution in [0.15, 0.2) is 24.3 Å². The zero-order valence-electron chi connectivity index (χ0n) is 12.1. The number of hydrogen-bond acceptors (Lipinski definition) is 1. The first-order valence-electron chi connectivity index (χ1n) is 7.31. The maximum atomic E-state index is 13.8. The zero-order chi connectivity index (χ0) is 14.8. The minimum atomic E-state index is -0.802. The summed E-state index contributed by atoms with van der Waals surface area (Å²) in [6.07, 6.45) is 5.89. The van der Waals surface area contributed by atoms with E-state index in [2.05, 4.69) is 6.92 Å². The van der Waals surface area contributed by atoms with Crippen LogP contribution >= 0.6 is 0 Å². The molecule has 1 aliphatic carbocycles. The van der Waals surface area contributed by atoms with Gasteiger partial charge in [0.15, 0.2) is 11.6 Å². The molecular weight excluding hydrogens is 258 g/mol. The van der Waals surface area contributed by atoms with Gasteiger partial charge in [0.25, 0.3) is 0 Å². The average Bonchev–Trinajstić information content (AvgIpc) is 2.42. The Labute approximate surface area is 119 Å². The van der Waals surface area contributed by atoms with Crippen LogP contribution < -0.4 is 0 Å². The lowest BCUT2D eigenvalue weighted by atomic mass is 9.75. The van der Waals surface area contributed by atoms with Crippen LogP contribution in [-0.4, -0.2) is 10.7 Å². The Morgan fingerprint density at radius 1 is 1.35 bits per heavy atom. The summed E-state index contributed by atoms with van der Waals surface area (Å²) < 4.78 is 27.0. The summed E-state index contributed by atoms with van der Waals surface area (Å²) in [5.41, 5.74) is 0.543. The molecule has 20 heavy (non-hydrogen) atoms. The van der Waals surface area contributed by atoms with E-state index in [1.807, 2.05) is 13.0 Å². The van der Waals surface area contributed by atoms with Crippen molar-refractivity contribution in [1.29, 1.82) is 0 Å². The third-order valence-corrected chi connectivity index (χ3v) is 4.34. The Hall–Kier alpha value is -1.22. The lowest BCUT2D eigenvalue weighted by Gasteiger charge is -2.35. The van der Waals surface area contributed by atoms with Gasteiger partial charge in [-0.2, -0.15) is 0 Å². The highest BCUT2D eigenvalue weighted by molar-refractivity contribution is 5.66. The maximum absolute atomic E-state index is 13.8. The minimum absolute atomic E-state index is 0.197. The van der Waals surface area contributed by atoms with Crippen molar-refractivity contribution in [2.24, 2.45) is 5.92 Å². The fraction of sp³-hybridized carbons (Fsp3) is 0.529. The molecule has 0 fully saturated rings. The second-order valence-corrected chi connectivity index (χ2v) is 5.91. The molecule has 2 rings (SSSR count). The van der Waals surface area contributed by atoms with Gasteiger partial charge in [0.1, 0.15) is 0 Å². The van der Waals surface area contributed by atoms with Crippen molar-refractivity contribution in [2.75, 3.05) is 0 Å². The standard InChI is InChI=1S/C17H22F2O/c1-3-11-17(2,20)13-9-7-12(8-10-13)14-5-4-6-15(18)16(14)19/h4-7,13,20H,3,8-11H2,1-2H3. The molecule has 1 aliphatic rings. The molecule has 0 bridgehead atoms. The van der Waals surface area contributed by atoms with Gasteiger partial charge in [-0.1, -0.05) is 31.6 Å². The largest absolute Gasteiger partial charge is 0.390 e. The Balaban J connectivity index is 2.15. The normalized spacial score (nSPS) is 22.2. The summed E-state index contributed by atoms with van der Waals surface area (Å²) in [6.45, 7) is 3.93. The van der Waals surface area contributed by atoms with Gasteiger partial charge in [0, 0.05) is 5.56 Å². The molecule has 1 aromatic rings. The molecular formula is C17H22F2O. The molecule has 1 N–H and O–H groups in total. The predicted molar refractivity (Wildman–Crippen MR) is 77.2 cm³/mol. The van der Waals surface area contributed by atoms with E-state index in [0.29, 0.717) is 12.0 Å². The van der Waals surface area contributed by atoms with Gasteiger partial charge in [-0.25, -0.2) is 8.78 Å². The summed E-state index contributed by atoms with van der Waals surface area (Å²) >= 11 is 0. The fourth-order valence-electron chi connectivity index (χ4n) is 3.11. The van der Waals surface area contributed by atoms with Gasteiger partial charge in [-0.05, 0) is 50.2 Å². The van der Waals surface area contributed by atoms with Crippen molar-refractivity contribution in [3.05, 3.63) is 41.5 Å². The van der Waals surface area contributed by atoms with Gasteiger partial charge in [0.05, 0.1) is 5.60 Å². The molecule has 0 aromatic heterocycles. The lowest BCUT2D eigenvalue weighted by Crippen LogP contribution is -2.35. The first kappa shape index (κ1) is 15.2. The molecule has 110 valence electrons. The Morgan fingerprint density at radius 2 is 2.10 bits per heavy atom. The molecule has 0 radical (unpaired) electrons. The third kappa shape index (κ3) is 3.09. The van der Waals surface area contributed by atoms with E-state index in [4.69, 9.17) is 0 Å². The van der Waals surface area contributed by atoms with Crippen molar-refractivity contribution in [1.82, 2.24) is 0 Å². The summed E-state index contributed by atoms with van der Waals surface area (Å²) in [4.78, 5) is 0. The third-order valence-electron chi connectivity index (χ3n) is 4.34. The van der Waals surface area contributed by atoms with Crippen LogP contribution in [0.1, 0.15) is 51.5 Å². The number of rotatable bonds is 4. The summed E-state index contributed by atoms with van der Waals surface area (Å²) in [7, 11) is 0. The number of allylic oxidation sites excluding steroid dienone is 2. The average molecular weight is 280 g/mol. The molecule has 3 heteroatoms. The Kier molecular flexibility index (Phi) is 4.59. The molecule has 0 amide bonds. The Morgan fingerprint density at radius 3 is 2.70 bits per heavy atom. The van der Waals surface area contributed by atoms with Crippen LogP contribution in [-0.2, 0) is 0 Å². The van der Waals surface area contributed by atoms with Crippen molar-refractivity contribution in [3.8, 4) is 0 Å². The highest BCUT2D eigenvalue weighted by Crippen LogP contribution is 2.38. The first-order valence-corrected chi connectivity index (χ1v) is 7.31. The highest BCUT2D eigenvalue weighted by atomic mass is 19.2. The first-order chi connectivity index (χ1) is 9.45. The molecule has 0 spiro atoms. The molecule has 0 saturated heterocycles. The van der Waals surface area contributed by atoms with Crippen LogP contribution in [0.25, 0.3) is 5.57 Å². The SMILES string of the molecule is CCCC(C)(O)C1CC=C(c2cccc(F)c2F)CC1. The van der Waals surface area contributed by atoms with Crippen LogP contribution in [0.4, 0.5) is 8.78 Å². The maximum Gasteiger partial charge on any atom is 0.166 e. The molecule has 2 unspecified atom stereocenters. The van der Waals surface area contributed by atoms with Crippen LogP contribution in [0, 0.1) is 17.6 Å². The highest BCUT2D eigenvalue weighted by Gasteiger charge is 2.32. The van der Waals surface area contributed by atoms with Crippen molar-refractivity contribution in [2.45, 2.75) is 51.6 Å². The fourth-order valence-corrected chi connectivity index (χ4v) is 3.11.